The zero-order valence-corrected chi connectivity index (χ0v) is 10.2. The van der Waals surface area contributed by atoms with E-state index >= 15 is 0 Å². The van der Waals surface area contributed by atoms with Gasteiger partial charge in [0.2, 0.25) is 0 Å². The van der Waals surface area contributed by atoms with E-state index in [1.165, 1.54) is 38.6 Å². The van der Waals surface area contributed by atoms with Crippen molar-refractivity contribution in [3.63, 3.8) is 0 Å². The Balaban J connectivity index is 1.81. The lowest BCUT2D eigenvalue weighted by Gasteiger charge is -2.38. The van der Waals surface area contributed by atoms with Gasteiger partial charge in [-0.2, -0.15) is 0 Å². The smallest absolute Gasteiger partial charge is 0.0471 e. The molecule has 0 bridgehead atoms. The van der Waals surface area contributed by atoms with Crippen molar-refractivity contribution in [1.29, 1.82) is 0 Å². The molecule has 0 amide bonds. The van der Waals surface area contributed by atoms with Crippen LogP contribution in [0.3, 0.4) is 0 Å². The van der Waals surface area contributed by atoms with E-state index in [4.69, 9.17) is 5.11 Å². The molecule has 2 nitrogen and oxygen atoms in total. The molecule has 2 aliphatic rings. The Kier molecular flexibility index (Phi) is 3.36. The first-order valence-corrected chi connectivity index (χ1v) is 6.46. The Morgan fingerprint density at radius 3 is 2.40 bits per heavy atom. The summed E-state index contributed by atoms with van der Waals surface area (Å²) in [7, 11) is 0. The topological polar surface area (TPSA) is 23.5 Å². The largest absolute Gasteiger partial charge is 0.396 e. The van der Waals surface area contributed by atoms with E-state index in [0.29, 0.717) is 17.9 Å². The van der Waals surface area contributed by atoms with Crippen LogP contribution < -0.4 is 0 Å². The summed E-state index contributed by atoms with van der Waals surface area (Å²) in [5.41, 5.74) is 0.576. The maximum atomic E-state index is 9.14. The molecule has 1 aliphatic heterocycles. The van der Waals surface area contributed by atoms with Crippen LogP contribution in [0.2, 0.25) is 0 Å². The Morgan fingerprint density at radius 1 is 1.20 bits per heavy atom. The summed E-state index contributed by atoms with van der Waals surface area (Å²) in [6.07, 6.45) is 6.68. The van der Waals surface area contributed by atoms with Crippen molar-refractivity contribution < 1.29 is 5.11 Å². The molecule has 0 aromatic rings. The second-order valence-corrected chi connectivity index (χ2v) is 6.23. The van der Waals surface area contributed by atoms with Crippen LogP contribution >= 0.6 is 0 Å². The first-order valence-electron chi connectivity index (χ1n) is 6.46. The monoisotopic (exact) mass is 211 g/mol. The van der Waals surface area contributed by atoms with Crippen LogP contribution in [0.15, 0.2) is 0 Å². The number of hydrogen-bond donors (Lipinski definition) is 1. The predicted molar refractivity (Wildman–Crippen MR) is 62.8 cm³/mol. The summed E-state index contributed by atoms with van der Waals surface area (Å²) in [6.45, 7) is 7.53. The summed E-state index contributed by atoms with van der Waals surface area (Å²) in [4.78, 5) is 2.62. The van der Waals surface area contributed by atoms with Gasteiger partial charge in [-0.25, -0.2) is 0 Å². The highest BCUT2D eigenvalue weighted by molar-refractivity contribution is 4.87. The molecule has 1 saturated carbocycles. The van der Waals surface area contributed by atoms with Crippen LogP contribution in [0.4, 0.5) is 0 Å². The van der Waals surface area contributed by atoms with Crippen molar-refractivity contribution in [2.24, 2.45) is 11.3 Å². The van der Waals surface area contributed by atoms with Gasteiger partial charge >= 0.3 is 0 Å². The predicted octanol–water partition coefficient (Wildman–Crippen LogP) is 2.27. The third-order valence-electron chi connectivity index (χ3n) is 4.40. The maximum Gasteiger partial charge on any atom is 0.0471 e. The molecule has 1 saturated heterocycles. The van der Waals surface area contributed by atoms with Crippen molar-refractivity contribution in [2.45, 2.75) is 52.0 Å². The lowest BCUT2D eigenvalue weighted by molar-refractivity contribution is 0.119. The summed E-state index contributed by atoms with van der Waals surface area (Å²) < 4.78 is 0. The Bertz CT molecular complexity index is 205. The van der Waals surface area contributed by atoms with Crippen LogP contribution in [0.5, 0.6) is 0 Å². The quantitative estimate of drug-likeness (QED) is 0.757. The van der Waals surface area contributed by atoms with Crippen molar-refractivity contribution in [3.05, 3.63) is 0 Å². The van der Waals surface area contributed by atoms with Crippen molar-refractivity contribution >= 4 is 0 Å². The van der Waals surface area contributed by atoms with Crippen LogP contribution in [0, 0.1) is 11.3 Å². The standard InChI is InChI=1S/C13H25NO/c1-13(2)6-3-12(4-7-13)14-8-5-11(9-14)10-15/h11-12,15H,3-10H2,1-2H3. The fraction of sp³-hybridized carbons (Fsp3) is 1.00. The van der Waals surface area contributed by atoms with E-state index in [9.17, 15) is 0 Å². The molecule has 15 heavy (non-hydrogen) atoms. The van der Waals surface area contributed by atoms with Crippen LogP contribution in [0.1, 0.15) is 46.0 Å². The highest BCUT2D eigenvalue weighted by atomic mass is 16.3. The number of rotatable bonds is 2. The minimum atomic E-state index is 0.384. The molecule has 0 spiro atoms. The third kappa shape index (κ3) is 2.73. The normalized spacial score (nSPS) is 33.4. The zero-order chi connectivity index (χ0) is 10.9. The van der Waals surface area contributed by atoms with Gasteiger partial charge in [-0.3, -0.25) is 0 Å². The fourth-order valence-corrected chi connectivity index (χ4v) is 3.09. The second kappa shape index (κ2) is 4.42. The van der Waals surface area contributed by atoms with Gasteiger partial charge in [0.05, 0.1) is 0 Å². The van der Waals surface area contributed by atoms with Gasteiger partial charge in [-0.1, -0.05) is 13.8 Å². The number of aliphatic hydroxyl groups excluding tert-OH is 1. The molecule has 2 fully saturated rings. The van der Waals surface area contributed by atoms with Crippen LogP contribution in [0.25, 0.3) is 0 Å². The van der Waals surface area contributed by atoms with Gasteiger partial charge in [0.1, 0.15) is 0 Å². The number of aliphatic hydroxyl groups is 1. The Morgan fingerprint density at radius 2 is 1.87 bits per heavy atom. The Hall–Kier alpha value is -0.0800. The van der Waals surface area contributed by atoms with E-state index in [-0.39, 0.29) is 0 Å². The molecule has 2 heteroatoms. The molecule has 88 valence electrons. The van der Waals surface area contributed by atoms with Gasteiger partial charge in [-0.05, 0) is 50.0 Å². The fourth-order valence-electron chi connectivity index (χ4n) is 3.09. The molecule has 1 heterocycles. The van der Waals surface area contributed by atoms with Crippen molar-refractivity contribution in [2.75, 3.05) is 19.7 Å². The molecule has 0 aromatic carbocycles. The highest BCUT2D eigenvalue weighted by Crippen LogP contribution is 2.38. The molecule has 0 aromatic heterocycles. The third-order valence-corrected chi connectivity index (χ3v) is 4.40. The number of nitrogens with zero attached hydrogens (tertiary/aromatic N) is 1. The summed E-state index contributed by atoms with van der Waals surface area (Å²) >= 11 is 0. The molecular formula is C13H25NO. The molecule has 1 atom stereocenters. The first kappa shape index (κ1) is 11.4. The maximum absolute atomic E-state index is 9.14. The molecule has 2 rings (SSSR count). The SMILES string of the molecule is CC1(C)CCC(N2CCC(CO)C2)CC1. The average molecular weight is 211 g/mol. The minimum Gasteiger partial charge on any atom is -0.396 e. The van der Waals surface area contributed by atoms with Gasteiger partial charge in [0, 0.05) is 19.2 Å². The number of hydrogen-bond acceptors (Lipinski definition) is 2. The second-order valence-electron chi connectivity index (χ2n) is 6.23. The average Bonchev–Trinajstić information content (AvgIpc) is 2.66. The van der Waals surface area contributed by atoms with E-state index in [2.05, 4.69) is 18.7 Å². The Labute approximate surface area is 93.7 Å². The van der Waals surface area contributed by atoms with E-state index in [1.54, 1.807) is 0 Å². The van der Waals surface area contributed by atoms with E-state index in [0.717, 1.165) is 12.6 Å². The van der Waals surface area contributed by atoms with E-state index in [1.807, 2.05) is 0 Å². The molecule has 1 N–H and O–H groups in total. The highest BCUT2D eigenvalue weighted by Gasteiger charge is 2.33. The van der Waals surface area contributed by atoms with Crippen LogP contribution in [-0.2, 0) is 0 Å². The van der Waals surface area contributed by atoms with Crippen LogP contribution in [-0.4, -0.2) is 35.7 Å². The zero-order valence-electron chi connectivity index (χ0n) is 10.2. The molecule has 1 aliphatic carbocycles. The van der Waals surface area contributed by atoms with Gasteiger partial charge < -0.3 is 10.0 Å². The lowest BCUT2D eigenvalue weighted by Crippen LogP contribution is -2.38. The first-order chi connectivity index (χ1) is 7.11. The van der Waals surface area contributed by atoms with Crippen molar-refractivity contribution in [3.8, 4) is 0 Å². The minimum absolute atomic E-state index is 0.384. The number of likely N-dealkylation sites (tertiary alicyclic amines) is 1. The van der Waals surface area contributed by atoms with E-state index < -0.39 is 0 Å². The lowest BCUT2D eigenvalue weighted by atomic mass is 9.75. The van der Waals surface area contributed by atoms with Gasteiger partial charge in [0.25, 0.3) is 0 Å². The molecule has 0 radical (unpaired) electrons. The molecule has 1 unspecified atom stereocenters. The van der Waals surface area contributed by atoms with Gasteiger partial charge in [-0.15, -0.1) is 0 Å². The summed E-state index contributed by atoms with van der Waals surface area (Å²) in [6, 6.07) is 0.814. The van der Waals surface area contributed by atoms with Crippen molar-refractivity contribution in [1.82, 2.24) is 4.90 Å². The molecular weight excluding hydrogens is 186 g/mol. The summed E-state index contributed by atoms with van der Waals surface area (Å²) in [5.74, 6) is 0.555. The summed E-state index contributed by atoms with van der Waals surface area (Å²) in [5, 5.41) is 9.14. The van der Waals surface area contributed by atoms with Gasteiger partial charge in [0.15, 0.2) is 0 Å².